The van der Waals surface area contributed by atoms with Gasteiger partial charge in [-0.2, -0.15) is 0 Å². The average molecular weight is 421 g/mol. The van der Waals surface area contributed by atoms with Gasteiger partial charge in [0.1, 0.15) is 0 Å². The molecule has 0 spiro atoms. The molecule has 0 aromatic heterocycles. The molecule has 1 aliphatic heterocycles. The maximum atomic E-state index is 13.3. The van der Waals surface area contributed by atoms with E-state index < -0.39 is 15.9 Å². The van der Waals surface area contributed by atoms with E-state index in [4.69, 9.17) is 0 Å². The Morgan fingerprint density at radius 2 is 1.53 bits per heavy atom. The molecule has 30 heavy (non-hydrogen) atoms. The van der Waals surface area contributed by atoms with Gasteiger partial charge in [0.25, 0.3) is 0 Å². The van der Waals surface area contributed by atoms with E-state index in [-0.39, 0.29) is 5.91 Å². The summed E-state index contributed by atoms with van der Waals surface area (Å²) in [6.07, 6.45) is 2.83. The first kappa shape index (κ1) is 20.2. The Morgan fingerprint density at radius 3 is 2.10 bits per heavy atom. The maximum absolute atomic E-state index is 13.3. The summed E-state index contributed by atoms with van der Waals surface area (Å²) in [6.45, 7) is 0.458. The number of nitrogens with zero attached hydrogens (tertiary/aromatic N) is 1. The van der Waals surface area contributed by atoms with E-state index in [1.807, 2.05) is 72.8 Å². The lowest BCUT2D eigenvalue weighted by Crippen LogP contribution is -2.34. The lowest BCUT2D eigenvalue weighted by molar-refractivity contribution is -0.116. The smallest absolute Gasteiger partial charge is 0.236 e. The molecule has 3 aromatic carbocycles. The van der Waals surface area contributed by atoms with Crippen LogP contribution in [-0.2, 0) is 21.2 Å². The van der Waals surface area contributed by atoms with Gasteiger partial charge < -0.3 is 5.32 Å². The molecule has 0 saturated heterocycles. The second-order valence-corrected chi connectivity index (χ2v) is 9.43. The number of carbonyl (C=O) groups is 1. The van der Waals surface area contributed by atoms with Crippen LogP contribution in [0, 0.1) is 0 Å². The van der Waals surface area contributed by atoms with E-state index in [2.05, 4.69) is 5.32 Å². The van der Waals surface area contributed by atoms with Crippen molar-refractivity contribution in [1.82, 2.24) is 0 Å². The van der Waals surface area contributed by atoms with Crippen molar-refractivity contribution in [2.24, 2.45) is 0 Å². The van der Waals surface area contributed by atoms with Gasteiger partial charge in [0, 0.05) is 12.2 Å². The van der Waals surface area contributed by atoms with Crippen molar-refractivity contribution in [3.05, 3.63) is 95.6 Å². The highest BCUT2D eigenvalue weighted by Gasteiger charge is 2.26. The Labute approximate surface area is 177 Å². The van der Waals surface area contributed by atoms with Crippen LogP contribution in [0.5, 0.6) is 0 Å². The number of fused-ring (bicyclic) bond motifs is 1. The minimum atomic E-state index is -3.37. The SMILES string of the molecule is CS(=O)(=O)N1CCCc2ccc(NC(=O)C(c3ccccc3)c3ccccc3)cc21. The molecule has 6 heteroatoms. The summed E-state index contributed by atoms with van der Waals surface area (Å²) in [5, 5.41) is 3.00. The van der Waals surface area contributed by atoms with Gasteiger partial charge >= 0.3 is 0 Å². The molecular formula is C24H24N2O3S. The highest BCUT2D eigenvalue weighted by atomic mass is 32.2. The Morgan fingerprint density at radius 1 is 0.933 bits per heavy atom. The fraction of sp³-hybridized carbons (Fsp3) is 0.208. The third-order valence-electron chi connectivity index (χ3n) is 5.36. The minimum Gasteiger partial charge on any atom is -0.325 e. The van der Waals surface area contributed by atoms with E-state index in [9.17, 15) is 13.2 Å². The van der Waals surface area contributed by atoms with Crippen molar-refractivity contribution < 1.29 is 13.2 Å². The van der Waals surface area contributed by atoms with Crippen LogP contribution in [0.25, 0.3) is 0 Å². The number of benzene rings is 3. The zero-order valence-electron chi connectivity index (χ0n) is 16.8. The summed E-state index contributed by atoms with van der Waals surface area (Å²) in [5.41, 5.74) is 4.02. The first-order valence-corrected chi connectivity index (χ1v) is 11.8. The Bertz CT molecular complexity index is 1110. The molecule has 1 N–H and O–H groups in total. The van der Waals surface area contributed by atoms with Crippen molar-refractivity contribution in [2.45, 2.75) is 18.8 Å². The Hall–Kier alpha value is -3.12. The van der Waals surface area contributed by atoms with E-state index in [1.165, 1.54) is 10.6 Å². The molecule has 0 saturated carbocycles. The molecule has 1 heterocycles. The number of carbonyl (C=O) groups excluding carboxylic acids is 1. The standard InChI is InChI=1S/C24H24N2O3S/c1-30(28,29)26-16-8-13-18-14-15-21(17-22(18)26)25-24(27)23(19-9-4-2-5-10-19)20-11-6-3-7-12-20/h2-7,9-12,14-15,17,23H,8,13,16H2,1H3,(H,25,27). The number of hydrogen-bond acceptors (Lipinski definition) is 3. The monoisotopic (exact) mass is 420 g/mol. The Balaban J connectivity index is 1.67. The lowest BCUT2D eigenvalue weighted by Gasteiger charge is -2.29. The predicted octanol–water partition coefficient (Wildman–Crippen LogP) is 4.17. The second-order valence-electron chi connectivity index (χ2n) is 7.53. The topological polar surface area (TPSA) is 66.5 Å². The number of anilines is 2. The molecule has 0 radical (unpaired) electrons. The molecule has 0 aliphatic carbocycles. The van der Waals surface area contributed by atoms with Crippen LogP contribution < -0.4 is 9.62 Å². The van der Waals surface area contributed by atoms with Crippen LogP contribution in [0.15, 0.2) is 78.9 Å². The van der Waals surface area contributed by atoms with Crippen molar-refractivity contribution in [1.29, 1.82) is 0 Å². The summed E-state index contributed by atoms with van der Waals surface area (Å²) in [7, 11) is -3.37. The van der Waals surface area contributed by atoms with E-state index >= 15 is 0 Å². The number of sulfonamides is 1. The van der Waals surface area contributed by atoms with Crippen LogP contribution in [0.3, 0.4) is 0 Å². The molecule has 3 aromatic rings. The van der Waals surface area contributed by atoms with Gasteiger partial charge in [-0.3, -0.25) is 9.10 Å². The highest BCUT2D eigenvalue weighted by molar-refractivity contribution is 7.92. The van der Waals surface area contributed by atoms with Gasteiger partial charge in [0.05, 0.1) is 17.9 Å². The number of aryl methyl sites for hydroxylation is 1. The first-order chi connectivity index (χ1) is 14.4. The van der Waals surface area contributed by atoms with Crippen molar-refractivity contribution >= 4 is 27.3 Å². The molecule has 5 nitrogen and oxygen atoms in total. The summed E-state index contributed by atoms with van der Waals surface area (Å²) >= 11 is 0. The normalized spacial score (nSPS) is 13.7. The van der Waals surface area contributed by atoms with Crippen LogP contribution in [0.2, 0.25) is 0 Å². The maximum Gasteiger partial charge on any atom is 0.236 e. The van der Waals surface area contributed by atoms with Crippen LogP contribution >= 0.6 is 0 Å². The summed E-state index contributed by atoms with van der Waals surface area (Å²) in [6, 6.07) is 24.8. The zero-order valence-corrected chi connectivity index (χ0v) is 17.6. The van der Waals surface area contributed by atoms with Gasteiger partial charge in [-0.1, -0.05) is 66.7 Å². The van der Waals surface area contributed by atoms with Crippen molar-refractivity contribution in [3.63, 3.8) is 0 Å². The molecule has 154 valence electrons. The van der Waals surface area contributed by atoms with Gasteiger partial charge in [-0.05, 0) is 41.7 Å². The van der Waals surface area contributed by atoms with Gasteiger partial charge in [-0.15, -0.1) is 0 Å². The molecule has 1 amide bonds. The predicted molar refractivity (Wildman–Crippen MR) is 120 cm³/mol. The molecule has 1 aliphatic rings. The highest BCUT2D eigenvalue weighted by Crippen LogP contribution is 2.33. The van der Waals surface area contributed by atoms with Crippen LogP contribution in [0.4, 0.5) is 11.4 Å². The average Bonchev–Trinajstić information content (AvgIpc) is 2.74. The van der Waals surface area contributed by atoms with Gasteiger partial charge in [0.15, 0.2) is 0 Å². The molecule has 0 bridgehead atoms. The molecule has 0 atom stereocenters. The van der Waals surface area contributed by atoms with Crippen LogP contribution in [-0.4, -0.2) is 27.1 Å². The molecule has 0 unspecified atom stereocenters. The Kier molecular flexibility index (Phi) is 5.59. The fourth-order valence-electron chi connectivity index (χ4n) is 3.96. The third-order valence-corrected chi connectivity index (χ3v) is 6.54. The number of rotatable bonds is 5. The van der Waals surface area contributed by atoms with E-state index in [1.54, 1.807) is 6.07 Å². The summed E-state index contributed by atoms with van der Waals surface area (Å²) in [4.78, 5) is 13.3. The zero-order chi connectivity index (χ0) is 21.1. The van der Waals surface area contributed by atoms with Crippen molar-refractivity contribution in [3.8, 4) is 0 Å². The summed E-state index contributed by atoms with van der Waals surface area (Å²) in [5.74, 6) is -0.622. The molecular weight excluding hydrogens is 396 g/mol. The number of hydrogen-bond donors (Lipinski definition) is 1. The first-order valence-electron chi connectivity index (χ1n) is 9.95. The number of amides is 1. The molecule has 4 rings (SSSR count). The lowest BCUT2D eigenvalue weighted by atomic mass is 9.90. The van der Waals surface area contributed by atoms with E-state index in [0.717, 1.165) is 29.5 Å². The summed E-state index contributed by atoms with van der Waals surface area (Å²) < 4.78 is 25.8. The second kappa shape index (κ2) is 8.32. The fourth-order valence-corrected chi connectivity index (χ4v) is 4.95. The van der Waals surface area contributed by atoms with E-state index in [0.29, 0.717) is 17.9 Å². The van der Waals surface area contributed by atoms with Crippen LogP contribution in [0.1, 0.15) is 29.0 Å². The molecule has 0 fully saturated rings. The van der Waals surface area contributed by atoms with Crippen molar-refractivity contribution in [2.75, 3.05) is 22.4 Å². The van der Waals surface area contributed by atoms with Gasteiger partial charge in [0.2, 0.25) is 15.9 Å². The van der Waals surface area contributed by atoms with Gasteiger partial charge in [-0.25, -0.2) is 8.42 Å². The third kappa shape index (κ3) is 4.24. The quantitative estimate of drug-likeness (QED) is 0.674. The number of nitrogens with one attached hydrogen (secondary N) is 1. The minimum absolute atomic E-state index is 0.158. The largest absolute Gasteiger partial charge is 0.325 e.